The molecule has 1 aromatic rings. The Balaban J connectivity index is 1.91. The van der Waals surface area contributed by atoms with Crippen molar-refractivity contribution >= 4 is 11.9 Å². The number of nitrogens with zero attached hydrogens (tertiary/aromatic N) is 1. The van der Waals surface area contributed by atoms with Crippen LogP contribution in [0.25, 0.3) is 0 Å². The van der Waals surface area contributed by atoms with E-state index in [1.165, 1.54) is 5.56 Å². The maximum absolute atomic E-state index is 12.3. The van der Waals surface area contributed by atoms with Crippen molar-refractivity contribution in [2.24, 2.45) is 5.92 Å². The Morgan fingerprint density at radius 2 is 2.00 bits per heavy atom. The van der Waals surface area contributed by atoms with Gasteiger partial charge in [-0.1, -0.05) is 29.8 Å². The monoisotopic (exact) mass is 275 g/mol. The number of hydrogen-bond acceptors (Lipinski definition) is 2. The number of piperidine rings is 1. The van der Waals surface area contributed by atoms with Crippen molar-refractivity contribution < 1.29 is 14.7 Å². The number of amides is 1. The first kappa shape index (κ1) is 14.6. The van der Waals surface area contributed by atoms with Crippen molar-refractivity contribution in [1.29, 1.82) is 0 Å². The summed E-state index contributed by atoms with van der Waals surface area (Å²) >= 11 is 0. The molecule has 1 amide bonds. The van der Waals surface area contributed by atoms with Gasteiger partial charge in [0, 0.05) is 19.5 Å². The van der Waals surface area contributed by atoms with Gasteiger partial charge in [0.15, 0.2) is 0 Å². The molecule has 1 aromatic carbocycles. The lowest BCUT2D eigenvalue weighted by Gasteiger charge is -2.32. The zero-order valence-electron chi connectivity index (χ0n) is 11.8. The van der Waals surface area contributed by atoms with E-state index in [-0.39, 0.29) is 18.2 Å². The number of carbonyl (C=O) groups excluding carboxylic acids is 1. The average Bonchev–Trinajstić information content (AvgIpc) is 2.41. The van der Waals surface area contributed by atoms with E-state index in [0.717, 1.165) is 24.9 Å². The molecule has 20 heavy (non-hydrogen) atoms. The summed E-state index contributed by atoms with van der Waals surface area (Å²) in [5.41, 5.74) is 2.20. The number of benzene rings is 1. The number of carbonyl (C=O) groups is 2. The van der Waals surface area contributed by atoms with Crippen molar-refractivity contribution in [2.45, 2.75) is 32.6 Å². The Labute approximate surface area is 119 Å². The maximum Gasteiger partial charge on any atom is 0.303 e. The Kier molecular flexibility index (Phi) is 4.77. The predicted octanol–water partition coefficient (Wildman–Crippen LogP) is 2.25. The van der Waals surface area contributed by atoms with Crippen LogP contribution in [0.2, 0.25) is 0 Å². The number of aryl methyl sites for hydroxylation is 1. The van der Waals surface area contributed by atoms with Gasteiger partial charge in [-0.05, 0) is 31.2 Å². The van der Waals surface area contributed by atoms with Gasteiger partial charge in [-0.3, -0.25) is 9.59 Å². The quantitative estimate of drug-likeness (QED) is 0.917. The topological polar surface area (TPSA) is 57.6 Å². The summed E-state index contributed by atoms with van der Waals surface area (Å²) in [6.45, 7) is 3.35. The molecule has 0 spiro atoms. The molecule has 0 saturated carbocycles. The van der Waals surface area contributed by atoms with Crippen LogP contribution in [0.5, 0.6) is 0 Å². The van der Waals surface area contributed by atoms with Crippen LogP contribution in [0.4, 0.5) is 0 Å². The Bertz CT molecular complexity index is 481. The summed E-state index contributed by atoms with van der Waals surface area (Å²) in [6, 6.07) is 7.97. The number of carboxylic acid groups (broad SMARTS) is 1. The van der Waals surface area contributed by atoms with Crippen LogP contribution in [0.1, 0.15) is 30.4 Å². The van der Waals surface area contributed by atoms with Crippen LogP contribution >= 0.6 is 0 Å². The summed E-state index contributed by atoms with van der Waals surface area (Å²) in [6.07, 6.45) is 2.37. The molecule has 4 nitrogen and oxygen atoms in total. The lowest BCUT2D eigenvalue weighted by atomic mass is 9.94. The number of hydrogen-bond donors (Lipinski definition) is 1. The highest BCUT2D eigenvalue weighted by molar-refractivity contribution is 5.79. The minimum absolute atomic E-state index is 0.100. The van der Waals surface area contributed by atoms with Gasteiger partial charge in [-0.15, -0.1) is 0 Å². The molecule has 1 fully saturated rings. The first-order valence-corrected chi connectivity index (χ1v) is 7.09. The van der Waals surface area contributed by atoms with Crippen LogP contribution in [-0.4, -0.2) is 35.0 Å². The van der Waals surface area contributed by atoms with Crippen LogP contribution in [0, 0.1) is 12.8 Å². The number of carboxylic acids is 1. The second-order valence-electron chi connectivity index (χ2n) is 5.61. The summed E-state index contributed by atoms with van der Waals surface area (Å²) in [7, 11) is 0. The van der Waals surface area contributed by atoms with E-state index in [0.29, 0.717) is 13.0 Å². The second kappa shape index (κ2) is 6.55. The van der Waals surface area contributed by atoms with E-state index in [1.54, 1.807) is 0 Å². The molecule has 0 radical (unpaired) electrons. The largest absolute Gasteiger partial charge is 0.481 e. The molecule has 1 N–H and O–H groups in total. The summed E-state index contributed by atoms with van der Waals surface area (Å²) in [4.78, 5) is 24.8. The van der Waals surface area contributed by atoms with E-state index in [1.807, 2.05) is 36.1 Å². The van der Waals surface area contributed by atoms with Gasteiger partial charge in [0.1, 0.15) is 0 Å². The highest BCUT2D eigenvalue weighted by Crippen LogP contribution is 2.20. The molecule has 108 valence electrons. The molecule has 4 heteroatoms. The van der Waals surface area contributed by atoms with Crippen molar-refractivity contribution in [3.05, 3.63) is 35.4 Å². The molecule has 1 aliphatic rings. The molecule has 2 rings (SSSR count). The lowest BCUT2D eigenvalue weighted by molar-refractivity contribution is -0.140. The minimum atomic E-state index is -0.775. The number of aliphatic carboxylic acids is 1. The molecule has 1 unspecified atom stereocenters. The van der Waals surface area contributed by atoms with E-state index in [4.69, 9.17) is 5.11 Å². The second-order valence-corrected chi connectivity index (χ2v) is 5.61. The van der Waals surface area contributed by atoms with Crippen molar-refractivity contribution in [1.82, 2.24) is 4.90 Å². The number of likely N-dealkylation sites (tertiary alicyclic amines) is 1. The first-order valence-electron chi connectivity index (χ1n) is 7.09. The molecular formula is C16H21NO3. The Hall–Kier alpha value is -1.84. The molecule has 0 aromatic heterocycles. The van der Waals surface area contributed by atoms with Gasteiger partial charge in [0.25, 0.3) is 0 Å². The van der Waals surface area contributed by atoms with E-state index >= 15 is 0 Å². The minimum Gasteiger partial charge on any atom is -0.481 e. The molecular weight excluding hydrogens is 254 g/mol. The first-order chi connectivity index (χ1) is 9.54. The van der Waals surface area contributed by atoms with Gasteiger partial charge < -0.3 is 10.0 Å². The van der Waals surface area contributed by atoms with Crippen LogP contribution < -0.4 is 0 Å². The van der Waals surface area contributed by atoms with Gasteiger partial charge in [0.05, 0.1) is 6.42 Å². The zero-order chi connectivity index (χ0) is 14.5. The Morgan fingerprint density at radius 1 is 1.30 bits per heavy atom. The SMILES string of the molecule is Cc1ccc(CC(=O)N2CCCC(CC(=O)O)C2)cc1. The zero-order valence-corrected chi connectivity index (χ0v) is 11.8. The highest BCUT2D eigenvalue weighted by Gasteiger charge is 2.25. The van der Waals surface area contributed by atoms with E-state index < -0.39 is 5.97 Å². The van der Waals surface area contributed by atoms with Gasteiger partial charge >= 0.3 is 5.97 Å². The molecule has 0 aliphatic carbocycles. The van der Waals surface area contributed by atoms with Gasteiger partial charge in [0.2, 0.25) is 5.91 Å². The fourth-order valence-electron chi connectivity index (χ4n) is 2.70. The molecule has 1 saturated heterocycles. The summed E-state index contributed by atoms with van der Waals surface area (Å²) < 4.78 is 0. The van der Waals surface area contributed by atoms with E-state index in [9.17, 15) is 9.59 Å². The maximum atomic E-state index is 12.3. The fourth-order valence-corrected chi connectivity index (χ4v) is 2.70. The Morgan fingerprint density at radius 3 is 2.65 bits per heavy atom. The van der Waals surface area contributed by atoms with Crippen LogP contribution in [0.15, 0.2) is 24.3 Å². The fraction of sp³-hybridized carbons (Fsp3) is 0.500. The number of rotatable bonds is 4. The van der Waals surface area contributed by atoms with Crippen molar-refractivity contribution in [2.75, 3.05) is 13.1 Å². The van der Waals surface area contributed by atoms with E-state index in [2.05, 4.69) is 0 Å². The summed E-state index contributed by atoms with van der Waals surface area (Å²) in [5.74, 6) is -0.574. The smallest absolute Gasteiger partial charge is 0.303 e. The van der Waals surface area contributed by atoms with Crippen molar-refractivity contribution in [3.8, 4) is 0 Å². The molecule has 1 atom stereocenters. The third kappa shape index (κ3) is 4.08. The van der Waals surface area contributed by atoms with Crippen LogP contribution in [0.3, 0.4) is 0 Å². The van der Waals surface area contributed by atoms with Gasteiger partial charge in [-0.2, -0.15) is 0 Å². The molecule has 1 aliphatic heterocycles. The third-order valence-corrected chi connectivity index (χ3v) is 3.81. The highest BCUT2D eigenvalue weighted by atomic mass is 16.4. The predicted molar refractivity (Wildman–Crippen MR) is 76.4 cm³/mol. The molecule has 0 bridgehead atoms. The average molecular weight is 275 g/mol. The summed E-state index contributed by atoms with van der Waals surface area (Å²) in [5, 5.41) is 8.85. The normalized spacial score (nSPS) is 18.9. The molecule has 1 heterocycles. The standard InChI is InChI=1S/C16H21NO3/c1-12-4-6-13(7-5-12)9-15(18)17-8-2-3-14(11-17)10-16(19)20/h4-7,14H,2-3,8-11H2,1H3,(H,19,20). The third-order valence-electron chi connectivity index (χ3n) is 3.81. The van der Waals surface area contributed by atoms with Crippen LogP contribution in [-0.2, 0) is 16.0 Å². The lowest BCUT2D eigenvalue weighted by Crippen LogP contribution is -2.41. The van der Waals surface area contributed by atoms with Gasteiger partial charge in [-0.25, -0.2) is 0 Å². The van der Waals surface area contributed by atoms with Crippen molar-refractivity contribution in [3.63, 3.8) is 0 Å².